The highest BCUT2D eigenvalue weighted by Gasteiger charge is 2.35. The van der Waals surface area contributed by atoms with Gasteiger partial charge in [-0.2, -0.15) is 9.78 Å². The van der Waals surface area contributed by atoms with E-state index >= 15 is 0 Å². The minimum absolute atomic E-state index is 0.0367. The van der Waals surface area contributed by atoms with Crippen molar-refractivity contribution in [1.29, 1.82) is 0 Å². The van der Waals surface area contributed by atoms with Crippen molar-refractivity contribution in [1.82, 2.24) is 14.7 Å². The van der Waals surface area contributed by atoms with Crippen molar-refractivity contribution in [2.45, 2.75) is 110 Å². The summed E-state index contributed by atoms with van der Waals surface area (Å²) in [6.07, 6.45) is -1.89. The maximum atomic E-state index is 13.9. The second-order valence-corrected chi connectivity index (χ2v) is 23.0. The number of aromatic hydroxyl groups is 1. The summed E-state index contributed by atoms with van der Waals surface area (Å²) in [5, 5.41) is 15.5. The molecule has 1 atom stereocenters. The Morgan fingerprint density at radius 1 is 0.947 bits per heavy atom. The molecule has 0 radical (unpaired) electrons. The van der Waals surface area contributed by atoms with Crippen LogP contribution in [0, 0.1) is 6.92 Å². The third-order valence-corrected chi connectivity index (χ3v) is 15.7. The van der Waals surface area contributed by atoms with Crippen LogP contribution in [-0.2, 0) is 23.9 Å². The Bertz CT molecular complexity index is 2170. The van der Waals surface area contributed by atoms with Gasteiger partial charge >= 0.3 is 12.2 Å². The quantitative estimate of drug-likeness (QED) is 0.110. The van der Waals surface area contributed by atoms with Gasteiger partial charge in [0.05, 0.1) is 35.4 Å². The molecule has 1 amide bonds. The van der Waals surface area contributed by atoms with E-state index in [1.807, 2.05) is 12.1 Å². The summed E-state index contributed by atoms with van der Waals surface area (Å²) in [6.45, 7) is 19.0. The molecule has 17 heteroatoms. The zero-order valence-electron chi connectivity index (χ0n) is 34.2. The molecule has 57 heavy (non-hydrogen) atoms. The number of anilines is 1. The van der Waals surface area contributed by atoms with Crippen molar-refractivity contribution in [3.05, 3.63) is 75.9 Å². The molecule has 0 fully saturated rings. The first-order valence-corrected chi connectivity index (χ1v) is 23.6. The number of aromatic nitrogens is 2. The van der Waals surface area contributed by atoms with Crippen LogP contribution in [0.3, 0.4) is 0 Å². The number of fused-ring (bicyclic) bond motifs is 1. The minimum atomic E-state index is -4.34. The van der Waals surface area contributed by atoms with Gasteiger partial charge in [0.2, 0.25) is 0 Å². The molecule has 0 spiro atoms. The van der Waals surface area contributed by atoms with Crippen molar-refractivity contribution in [3.63, 3.8) is 0 Å². The van der Waals surface area contributed by atoms with Gasteiger partial charge in [-0.05, 0) is 109 Å². The summed E-state index contributed by atoms with van der Waals surface area (Å²) in [7, 11) is -6.68. The lowest BCUT2D eigenvalue weighted by molar-refractivity contribution is 0.0131. The van der Waals surface area contributed by atoms with Crippen LogP contribution >= 0.6 is 23.2 Å². The number of phenols is 1. The van der Waals surface area contributed by atoms with E-state index in [0.29, 0.717) is 22.5 Å². The predicted octanol–water partition coefficient (Wildman–Crippen LogP) is 10.3. The monoisotopic (exact) mass is 864 g/mol. The van der Waals surface area contributed by atoms with Crippen LogP contribution in [0.25, 0.3) is 10.9 Å². The van der Waals surface area contributed by atoms with Crippen molar-refractivity contribution in [2.75, 3.05) is 24.4 Å². The van der Waals surface area contributed by atoms with E-state index < -0.39 is 58.5 Å². The second-order valence-electron chi connectivity index (χ2n) is 15.7. The first-order chi connectivity index (χ1) is 26.5. The number of hydrogen-bond acceptors (Lipinski definition) is 10. The van der Waals surface area contributed by atoms with E-state index in [0.717, 1.165) is 29.6 Å². The van der Waals surface area contributed by atoms with Gasteiger partial charge < -0.3 is 28.6 Å². The molecule has 4 aromatic rings. The van der Waals surface area contributed by atoms with E-state index in [9.17, 15) is 23.1 Å². The maximum Gasteiger partial charge on any atom is 0.435 e. The minimum Gasteiger partial charge on any atom is -0.505 e. The zero-order chi connectivity index (χ0) is 42.5. The maximum absolute atomic E-state index is 13.9. The SMILES string of the molecule is CC[Si](CC)(CC)OC(CN(CCOc1ccc2c(C)nn(C(=O)OC(C)(C)C)c2c1)C(=O)OC(C)(C)C)c1cccc(NS(=O)(=O)c2cc(Cl)cc(Cl)c2O)c1. The van der Waals surface area contributed by atoms with Gasteiger partial charge in [-0.1, -0.05) is 56.1 Å². The summed E-state index contributed by atoms with van der Waals surface area (Å²) in [5.74, 6) is -0.181. The van der Waals surface area contributed by atoms with E-state index in [-0.39, 0.29) is 35.4 Å². The predicted molar refractivity (Wildman–Crippen MR) is 226 cm³/mol. The molecule has 0 bridgehead atoms. The number of sulfonamides is 1. The van der Waals surface area contributed by atoms with Crippen molar-refractivity contribution >= 4 is 70.3 Å². The molecule has 2 N–H and O–H groups in total. The molecule has 3 aromatic carbocycles. The Balaban J connectivity index is 1.67. The van der Waals surface area contributed by atoms with Crippen LogP contribution in [-0.4, -0.2) is 79.6 Å². The number of phenolic OH excluding ortho intramolecular Hbond substituents is 1. The number of rotatable bonds is 15. The van der Waals surface area contributed by atoms with Crippen molar-refractivity contribution in [3.8, 4) is 11.5 Å². The number of aryl methyl sites for hydroxylation is 1. The lowest BCUT2D eigenvalue weighted by Crippen LogP contribution is -2.45. The third kappa shape index (κ3) is 12.0. The Morgan fingerprint density at radius 2 is 1.60 bits per heavy atom. The average Bonchev–Trinajstić information content (AvgIpc) is 3.45. The average molecular weight is 866 g/mol. The van der Waals surface area contributed by atoms with E-state index in [4.69, 9.17) is 41.8 Å². The van der Waals surface area contributed by atoms with E-state index in [2.05, 4.69) is 30.6 Å². The van der Waals surface area contributed by atoms with Crippen molar-refractivity contribution < 1.29 is 41.7 Å². The number of carbonyl (C=O) groups is 2. The fourth-order valence-electron chi connectivity index (χ4n) is 6.11. The van der Waals surface area contributed by atoms with Crippen LogP contribution in [0.5, 0.6) is 11.5 Å². The Kier molecular flexibility index (Phi) is 14.6. The number of halogens is 2. The standard InChI is InChI=1S/C40H54Cl2N4O9SSi/c1-11-57(12-2,13-3)55-34(27-15-14-16-29(21-27)44-56(50,51)35-23-28(41)22-32(42)36(35)47)25-45(37(48)53-39(5,6)7)19-20-52-30-17-18-31-26(4)43-46(33(31)24-30)38(49)54-40(8,9)10/h14-18,21-24,34,44,47H,11-13,19-20,25H2,1-10H3. The smallest absolute Gasteiger partial charge is 0.435 e. The Hall–Kier alpha value is -4.02. The van der Waals surface area contributed by atoms with E-state index in [1.54, 1.807) is 78.8 Å². The first-order valence-electron chi connectivity index (χ1n) is 18.8. The molecular formula is C40H54Cl2N4O9SSi. The molecule has 0 aliphatic heterocycles. The number of nitrogens with one attached hydrogen (secondary N) is 1. The van der Waals surface area contributed by atoms with Gasteiger partial charge in [0.1, 0.15) is 28.5 Å². The first kappa shape index (κ1) is 45.7. The van der Waals surface area contributed by atoms with E-state index in [1.165, 1.54) is 15.6 Å². The normalized spacial score (nSPS) is 13.0. The van der Waals surface area contributed by atoms with Gasteiger partial charge in [-0.15, -0.1) is 0 Å². The van der Waals surface area contributed by atoms with Crippen molar-refractivity contribution in [2.24, 2.45) is 0 Å². The van der Waals surface area contributed by atoms with Gasteiger partial charge in [-0.25, -0.2) is 18.0 Å². The van der Waals surface area contributed by atoms with Crippen LogP contribution in [0.4, 0.5) is 15.3 Å². The number of nitrogens with zero attached hydrogens (tertiary/aromatic N) is 3. The highest BCUT2D eigenvalue weighted by Crippen LogP contribution is 2.36. The molecular weight excluding hydrogens is 812 g/mol. The molecule has 0 aliphatic carbocycles. The van der Waals surface area contributed by atoms with Crippen LogP contribution in [0.1, 0.15) is 79.7 Å². The topological polar surface area (TPSA) is 159 Å². The number of benzene rings is 3. The molecule has 0 saturated carbocycles. The third-order valence-electron chi connectivity index (χ3n) is 9.19. The number of carbonyl (C=O) groups excluding carboxylic acids is 2. The van der Waals surface area contributed by atoms with Gasteiger partial charge in [0, 0.05) is 22.2 Å². The highest BCUT2D eigenvalue weighted by atomic mass is 35.5. The highest BCUT2D eigenvalue weighted by molar-refractivity contribution is 7.92. The molecule has 13 nitrogen and oxygen atoms in total. The molecule has 312 valence electrons. The Morgan fingerprint density at radius 3 is 2.21 bits per heavy atom. The zero-order valence-corrected chi connectivity index (χ0v) is 37.6. The fourth-order valence-corrected chi connectivity index (χ4v) is 10.7. The van der Waals surface area contributed by atoms with Gasteiger partial charge in [0.25, 0.3) is 10.0 Å². The van der Waals surface area contributed by atoms with Crippen LogP contribution < -0.4 is 9.46 Å². The van der Waals surface area contributed by atoms with Gasteiger partial charge in [-0.3, -0.25) is 4.72 Å². The molecule has 4 rings (SSSR count). The molecule has 0 aliphatic rings. The number of ether oxygens (including phenoxy) is 3. The number of hydrogen-bond donors (Lipinski definition) is 2. The molecule has 1 heterocycles. The summed E-state index contributed by atoms with van der Waals surface area (Å²) in [6, 6.07) is 16.8. The lowest BCUT2D eigenvalue weighted by atomic mass is 10.1. The van der Waals surface area contributed by atoms with Crippen LogP contribution in [0.15, 0.2) is 59.5 Å². The van der Waals surface area contributed by atoms with Crippen LogP contribution in [0.2, 0.25) is 28.2 Å². The summed E-state index contributed by atoms with van der Waals surface area (Å²) in [5.41, 5.74) is 0.443. The Labute approximate surface area is 346 Å². The number of amides is 1. The fraction of sp³-hybridized carbons (Fsp3) is 0.475. The summed E-state index contributed by atoms with van der Waals surface area (Å²) < 4.78 is 55.3. The lowest BCUT2D eigenvalue weighted by Gasteiger charge is -2.36. The van der Waals surface area contributed by atoms with Gasteiger partial charge in [0.15, 0.2) is 14.1 Å². The largest absolute Gasteiger partial charge is 0.505 e. The summed E-state index contributed by atoms with van der Waals surface area (Å²) >= 11 is 12.1. The second kappa shape index (κ2) is 18.3. The molecule has 1 unspecified atom stereocenters. The molecule has 1 aromatic heterocycles. The molecule has 0 saturated heterocycles. The summed E-state index contributed by atoms with van der Waals surface area (Å²) in [4.78, 5) is 27.9.